The summed E-state index contributed by atoms with van der Waals surface area (Å²) in [5.41, 5.74) is 3.30. The van der Waals surface area contributed by atoms with Crippen molar-refractivity contribution in [1.29, 1.82) is 0 Å². The molecule has 17 heavy (non-hydrogen) atoms. The summed E-state index contributed by atoms with van der Waals surface area (Å²) in [5, 5.41) is 10.7. The third-order valence-corrected chi connectivity index (χ3v) is 3.24. The largest absolute Gasteiger partial charge is 0.381 e. The van der Waals surface area contributed by atoms with Gasteiger partial charge in [-0.1, -0.05) is 54.1 Å². The zero-order chi connectivity index (χ0) is 12.5. The molecular weight excluding hydrogens is 208 g/mol. The van der Waals surface area contributed by atoms with Gasteiger partial charge in [-0.05, 0) is 37.5 Å². The Bertz CT molecular complexity index is 512. The molecule has 0 radical (unpaired) electrons. The number of hydrogen-bond acceptors (Lipinski definition) is 1. The Balaban J connectivity index is 2.52. The van der Waals surface area contributed by atoms with E-state index in [1.165, 1.54) is 5.56 Å². The third-order valence-electron chi connectivity index (χ3n) is 3.24. The van der Waals surface area contributed by atoms with Crippen molar-refractivity contribution < 1.29 is 5.11 Å². The Morgan fingerprint density at radius 2 is 1.59 bits per heavy atom. The summed E-state index contributed by atoms with van der Waals surface area (Å²) in [6.45, 7) is 5.95. The first-order valence-corrected chi connectivity index (χ1v) is 5.87. The molecule has 0 aliphatic heterocycles. The molecule has 0 aliphatic carbocycles. The zero-order valence-electron chi connectivity index (χ0n) is 10.6. The molecule has 0 amide bonds. The van der Waals surface area contributed by atoms with Crippen molar-refractivity contribution in [3.05, 3.63) is 70.8 Å². The minimum absolute atomic E-state index is 0.923. The maximum absolute atomic E-state index is 10.7. The maximum atomic E-state index is 10.7. The molecule has 1 nitrogen and oxygen atoms in total. The van der Waals surface area contributed by atoms with Crippen molar-refractivity contribution >= 4 is 0 Å². The number of benzene rings is 2. The molecule has 1 heteroatoms. The second kappa shape index (κ2) is 4.34. The van der Waals surface area contributed by atoms with Crippen LogP contribution in [0.4, 0.5) is 0 Å². The number of aliphatic hydroxyl groups is 1. The van der Waals surface area contributed by atoms with Gasteiger partial charge >= 0.3 is 0 Å². The highest BCUT2D eigenvalue weighted by molar-refractivity contribution is 5.41. The molecule has 88 valence electrons. The summed E-state index contributed by atoms with van der Waals surface area (Å²) in [5.74, 6) is 0. The lowest BCUT2D eigenvalue weighted by Crippen LogP contribution is -2.23. The fourth-order valence-electron chi connectivity index (χ4n) is 2.28. The summed E-state index contributed by atoms with van der Waals surface area (Å²) in [6.07, 6.45) is 0. The van der Waals surface area contributed by atoms with Crippen LogP contribution in [0.25, 0.3) is 0 Å². The van der Waals surface area contributed by atoms with E-state index in [2.05, 4.69) is 13.0 Å². The van der Waals surface area contributed by atoms with Crippen LogP contribution in [0.2, 0.25) is 0 Å². The molecule has 0 fully saturated rings. The van der Waals surface area contributed by atoms with Crippen molar-refractivity contribution in [3.8, 4) is 0 Å². The van der Waals surface area contributed by atoms with Gasteiger partial charge in [0.15, 0.2) is 0 Å². The summed E-state index contributed by atoms with van der Waals surface area (Å²) in [7, 11) is 0. The van der Waals surface area contributed by atoms with Crippen LogP contribution in [0, 0.1) is 13.8 Å². The van der Waals surface area contributed by atoms with E-state index in [9.17, 15) is 5.11 Å². The smallest absolute Gasteiger partial charge is 0.112 e. The van der Waals surface area contributed by atoms with E-state index in [0.29, 0.717) is 0 Å². The van der Waals surface area contributed by atoms with Gasteiger partial charge in [0.25, 0.3) is 0 Å². The van der Waals surface area contributed by atoms with E-state index >= 15 is 0 Å². The number of hydrogen-bond donors (Lipinski definition) is 1. The lowest BCUT2D eigenvalue weighted by Gasteiger charge is -2.26. The molecule has 0 heterocycles. The van der Waals surface area contributed by atoms with E-state index in [1.807, 2.05) is 56.3 Å². The minimum atomic E-state index is -0.932. The zero-order valence-corrected chi connectivity index (χ0v) is 10.6. The van der Waals surface area contributed by atoms with E-state index in [4.69, 9.17) is 0 Å². The Kier molecular flexibility index (Phi) is 3.03. The molecule has 0 saturated carbocycles. The van der Waals surface area contributed by atoms with Crippen molar-refractivity contribution in [2.24, 2.45) is 0 Å². The summed E-state index contributed by atoms with van der Waals surface area (Å²) in [6, 6.07) is 15.9. The monoisotopic (exact) mass is 226 g/mol. The van der Waals surface area contributed by atoms with Gasteiger partial charge in [-0.2, -0.15) is 0 Å². The van der Waals surface area contributed by atoms with Gasteiger partial charge in [0.1, 0.15) is 5.60 Å². The Morgan fingerprint density at radius 1 is 0.941 bits per heavy atom. The number of aryl methyl sites for hydroxylation is 2. The lowest BCUT2D eigenvalue weighted by molar-refractivity contribution is 0.102. The summed E-state index contributed by atoms with van der Waals surface area (Å²) >= 11 is 0. The number of rotatable bonds is 2. The average Bonchev–Trinajstić information content (AvgIpc) is 2.29. The van der Waals surface area contributed by atoms with Crippen LogP contribution >= 0.6 is 0 Å². The topological polar surface area (TPSA) is 20.2 Å². The highest BCUT2D eigenvalue weighted by Gasteiger charge is 2.26. The Morgan fingerprint density at radius 3 is 2.18 bits per heavy atom. The second-order valence-electron chi connectivity index (χ2n) is 4.76. The molecule has 0 aliphatic rings. The highest BCUT2D eigenvalue weighted by Crippen LogP contribution is 2.31. The van der Waals surface area contributed by atoms with E-state index in [1.54, 1.807) is 0 Å². The SMILES string of the molecule is Cc1ccc(C(C)(O)c2ccccc2)c(C)c1. The predicted molar refractivity (Wildman–Crippen MR) is 71.0 cm³/mol. The third kappa shape index (κ3) is 2.25. The highest BCUT2D eigenvalue weighted by atomic mass is 16.3. The van der Waals surface area contributed by atoms with Gasteiger partial charge in [-0.25, -0.2) is 0 Å². The second-order valence-corrected chi connectivity index (χ2v) is 4.76. The van der Waals surface area contributed by atoms with Gasteiger partial charge in [0.05, 0.1) is 0 Å². The van der Waals surface area contributed by atoms with E-state index in [-0.39, 0.29) is 0 Å². The first-order chi connectivity index (χ1) is 8.01. The van der Waals surface area contributed by atoms with Crippen LogP contribution in [-0.2, 0) is 5.60 Å². The fourth-order valence-corrected chi connectivity index (χ4v) is 2.28. The Hall–Kier alpha value is -1.60. The molecule has 0 saturated heterocycles. The van der Waals surface area contributed by atoms with Crippen LogP contribution < -0.4 is 0 Å². The van der Waals surface area contributed by atoms with Gasteiger partial charge in [0.2, 0.25) is 0 Å². The Labute approximate surface area is 103 Å². The van der Waals surface area contributed by atoms with Crippen LogP contribution in [0.1, 0.15) is 29.2 Å². The predicted octanol–water partition coefficient (Wildman–Crippen LogP) is 3.56. The lowest BCUT2D eigenvalue weighted by atomic mass is 9.85. The van der Waals surface area contributed by atoms with Crippen LogP contribution in [0.3, 0.4) is 0 Å². The van der Waals surface area contributed by atoms with Crippen LogP contribution in [-0.4, -0.2) is 5.11 Å². The molecule has 0 aromatic heterocycles. The molecule has 0 spiro atoms. The van der Waals surface area contributed by atoms with Crippen LogP contribution in [0.5, 0.6) is 0 Å². The normalized spacial score (nSPS) is 14.4. The molecule has 1 N–H and O–H groups in total. The molecule has 1 atom stereocenters. The quantitative estimate of drug-likeness (QED) is 0.830. The molecule has 1 unspecified atom stereocenters. The van der Waals surface area contributed by atoms with Gasteiger partial charge in [-0.3, -0.25) is 0 Å². The molecule has 2 aromatic carbocycles. The van der Waals surface area contributed by atoms with Crippen molar-refractivity contribution in [1.82, 2.24) is 0 Å². The molecular formula is C16H18O. The van der Waals surface area contributed by atoms with Crippen molar-refractivity contribution in [3.63, 3.8) is 0 Å². The maximum Gasteiger partial charge on any atom is 0.112 e. The summed E-state index contributed by atoms with van der Waals surface area (Å²) < 4.78 is 0. The minimum Gasteiger partial charge on any atom is -0.381 e. The molecule has 0 bridgehead atoms. The van der Waals surface area contributed by atoms with E-state index < -0.39 is 5.60 Å². The first-order valence-electron chi connectivity index (χ1n) is 5.87. The van der Waals surface area contributed by atoms with Gasteiger partial charge < -0.3 is 5.11 Å². The first kappa shape index (κ1) is 11.9. The van der Waals surface area contributed by atoms with Crippen LogP contribution in [0.15, 0.2) is 48.5 Å². The summed E-state index contributed by atoms with van der Waals surface area (Å²) in [4.78, 5) is 0. The van der Waals surface area contributed by atoms with Gasteiger partial charge in [-0.15, -0.1) is 0 Å². The van der Waals surface area contributed by atoms with Crippen molar-refractivity contribution in [2.75, 3.05) is 0 Å². The molecule has 2 aromatic rings. The standard InChI is InChI=1S/C16H18O/c1-12-9-10-15(13(2)11-12)16(3,17)14-7-5-4-6-8-14/h4-11,17H,1-3H3. The fraction of sp³-hybridized carbons (Fsp3) is 0.250. The van der Waals surface area contributed by atoms with Crippen molar-refractivity contribution in [2.45, 2.75) is 26.4 Å². The van der Waals surface area contributed by atoms with E-state index in [0.717, 1.165) is 16.7 Å². The van der Waals surface area contributed by atoms with Gasteiger partial charge in [0, 0.05) is 0 Å². The average molecular weight is 226 g/mol. The molecule has 2 rings (SSSR count).